The first kappa shape index (κ1) is 5.69. The van der Waals surface area contributed by atoms with Crippen molar-refractivity contribution in [3.63, 3.8) is 0 Å². The van der Waals surface area contributed by atoms with Crippen LogP contribution in [0.2, 0.25) is 0 Å². The maximum Gasteiger partial charge on any atom is 0.0248 e. The topological polar surface area (TPSA) is 29.3 Å². The van der Waals surface area contributed by atoms with E-state index in [-0.39, 0.29) is 0 Å². The Hall–Kier alpha value is -0.0800. The Morgan fingerprint density at radius 1 is 1.44 bits per heavy atom. The van der Waals surface area contributed by atoms with Crippen LogP contribution in [0.15, 0.2) is 0 Å². The normalized spacial score (nSPS) is 50.7. The second-order valence-corrected chi connectivity index (χ2v) is 3.36. The molecular weight excluding hydrogens is 112 g/mol. The van der Waals surface area contributed by atoms with E-state index in [1.54, 1.807) is 0 Å². The summed E-state index contributed by atoms with van der Waals surface area (Å²) < 4.78 is 0. The largest absolute Gasteiger partial charge is 0.326 e. The monoisotopic (exact) mass is 126 g/mol. The molecule has 0 aliphatic carbocycles. The number of likely N-dealkylation sites (N-methyl/N-ethyl adjacent to an activating group) is 1. The number of fused-ring (bicyclic) bond motifs is 2. The van der Waals surface area contributed by atoms with Gasteiger partial charge < -0.3 is 5.73 Å². The Balaban J connectivity index is 2.16. The molecule has 0 saturated carbocycles. The van der Waals surface area contributed by atoms with Crippen LogP contribution in [-0.2, 0) is 0 Å². The minimum atomic E-state index is 0.480. The van der Waals surface area contributed by atoms with Gasteiger partial charge in [-0.1, -0.05) is 0 Å². The Kier molecular flexibility index (Phi) is 1.08. The minimum absolute atomic E-state index is 0.480. The predicted octanol–water partition coefficient (Wildman–Crippen LogP) is 0.180. The molecule has 2 fully saturated rings. The first-order valence-electron chi connectivity index (χ1n) is 3.76. The molecule has 3 unspecified atom stereocenters. The van der Waals surface area contributed by atoms with Crippen LogP contribution in [0.3, 0.4) is 0 Å². The zero-order chi connectivity index (χ0) is 6.43. The maximum absolute atomic E-state index is 5.87. The van der Waals surface area contributed by atoms with Gasteiger partial charge >= 0.3 is 0 Å². The zero-order valence-electron chi connectivity index (χ0n) is 5.88. The first-order valence-corrected chi connectivity index (χ1v) is 3.76. The molecule has 0 aromatic carbocycles. The van der Waals surface area contributed by atoms with Crippen LogP contribution in [0.25, 0.3) is 0 Å². The van der Waals surface area contributed by atoms with Gasteiger partial charge in [0.1, 0.15) is 0 Å². The number of hydrogen-bond acceptors (Lipinski definition) is 2. The molecule has 9 heavy (non-hydrogen) atoms. The molecule has 0 spiro atoms. The lowest BCUT2D eigenvalue weighted by Gasteiger charge is -2.16. The molecule has 2 saturated heterocycles. The maximum atomic E-state index is 5.87. The van der Waals surface area contributed by atoms with Gasteiger partial charge in [-0.05, 0) is 26.3 Å². The predicted molar refractivity (Wildman–Crippen MR) is 37.2 cm³/mol. The summed E-state index contributed by atoms with van der Waals surface area (Å²) >= 11 is 0. The summed E-state index contributed by atoms with van der Waals surface area (Å²) in [6.07, 6.45) is 3.96. The fourth-order valence-corrected chi connectivity index (χ4v) is 2.31. The Morgan fingerprint density at radius 2 is 2.22 bits per heavy atom. The van der Waals surface area contributed by atoms with Crippen molar-refractivity contribution in [2.45, 2.75) is 37.4 Å². The molecule has 0 amide bonds. The second-order valence-electron chi connectivity index (χ2n) is 3.36. The molecule has 2 aliphatic heterocycles. The van der Waals surface area contributed by atoms with Crippen molar-refractivity contribution in [2.75, 3.05) is 7.05 Å². The molecule has 0 aromatic rings. The molecule has 2 heterocycles. The molecule has 2 aliphatic rings. The third kappa shape index (κ3) is 0.634. The summed E-state index contributed by atoms with van der Waals surface area (Å²) in [6, 6.07) is 2.02. The van der Waals surface area contributed by atoms with Gasteiger partial charge in [0.25, 0.3) is 0 Å². The summed E-state index contributed by atoms with van der Waals surface area (Å²) in [6.45, 7) is 0. The van der Waals surface area contributed by atoms with E-state index in [1.165, 1.54) is 19.3 Å². The van der Waals surface area contributed by atoms with Crippen molar-refractivity contribution in [1.29, 1.82) is 0 Å². The van der Waals surface area contributed by atoms with Gasteiger partial charge in [0.2, 0.25) is 0 Å². The van der Waals surface area contributed by atoms with Crippen LogP contribution in [0, 0.1) is 0 Å². The number of hydrogen-bond donors (Lipinski definition) is 1. The summed E-state index contributed by atoms with van der Waals surface area (Å²) in [5.74, 6) is 0. The van der Waals surface area contributed by atoms with Crippen molar-refractivity contribution < 1.29 is 0 Å². The van der Waals surface area contributed by atoms with Crippen LogP contribution < -0.4 is 5.73 Å². The van der Waals surface area contributed by atoms with Crippen molar-refractivity contribution in [3.8, 4) is 0 Å². The standard InChI is InChI=1S/C7H14N2/c1-9-5-2-3-7(9)6(8)4-5/h5-7H,2-4,8H2,1H3. The molecule has 3 atom stereocenters. The summed E-state index contributed by atoms with van der Waals surface area (Å²) in [5.41, 5.74) is 5.87. The fraction of sp³-hybridized carbons (Fsp3) is 1.00. The van der Waals surface area contributed by atoms with Gasteiger partial charge in [0.15, 0.2) is 0 Å². The van der Waals surface area contributed by atoms with E-state index < -0.39 is 0 Å². The molecule has 2 heteroatoms. The SMILES string of the molecule is CN1C2CCC1C(N)C2. The van der Waals surface area contributed by atoms with E-state index in [0.717, 1.165) is 12.1 Å². The molecule has 2 rings (SSSR count). The van der Waals surface area contributed by atoms with E-state index in [1.807, 2.05) is 0 Å². The lowest BCUT2D eigenvalue weighted by atomic mass is 9.97. The summed E-state index contributed by atoms with van der Waals surface area (Å²) in [7, 11) is 2.20. The van der Waals surface area contributed by atoms with Crippen LogP contribution in [0.5, 0.6) is 0 Å². The van der Waals surface area contributed by atoms with Gasteiger partial charge in [-0.25, -0.2) is 0 Å². The molecular formula is C7H14N2. The van der Waals surface area contributed by atoms with Crippen molar-refractivity contribution in [3.05, 3.63) is 0 Å². The highest BCUT2D eigenvalue weighted by Gasteiger charge is 2.41. The third-order valence-corrected chi connectivity index (χ3v) is 2.93. The van der Waals surface area contributed by atoms with Gasteiger partial charge in [-0.15, -0.1) is 0 Å². The number of nitrogens with zero attached hydrogens (tertiary/aromatic N) is 1. The van der Waals surface area contributed by atoms with Crippen LogP contribution in [-0.4, -0.2) is 30.1 Å². The van der Waals surface area contributed by atoms with Gasteiger partial charge in [-0.2, -0.15) is 0 Å². The summed E-state index contributed by atoms with van der Waals surface area (Å²) in [5, 5.41) is 0. The van der Waals surface area contributed by atoms with Crippen molar-refractivity contribution >= 4 is 0 Å². The highest BCUT2D eigenvalue weighted by atomic mass is 15.2. The first-order chi connectivity index (χ1) is 4.29. The molecule has 2 bridgehead atoms. The highest BCUT2D eigenvalue weighted by Crippen LogP contribution is 2.34. The Labute approximate surface area is 56.0 Å². The van der Waals surface area contributed by atoms with E-state index in [0.29, 0.717) is 6.04 Å². The van der Waals surface area contributed by atoms with Gasteiger partial charge in [0.05, 0.1) is 0 Å². The Bertz CT molecular complexity index is 124. The second kappa shape index (κ2) is 1.70. The highest BCUT2D eigenvalue weighted by molar-refractivity contribution is 5.00. The van der Waals surface area contributed by atoms with Crippen LogP contribution >= 0.6 is 0 Å². The molecule has 0 radical (unpaired) electrons. The lowest BCUT2D eigenvalue weighted by Crippen LogP contribution is -2.34. The Morgan fingerprint density at radius 3 is 2.44 bits per heavy atom. The molecule has 52 valence electrons. The van der Waals surface area contributed by atoms with E-state index >= 15 is 0 Å². The fourth-order valence-electron chi connectivity index (χ4n) is 2.31. The average molecular weight is 126 g/mol. The number of nitrogens with two attached hydrogens (primary N) is 1. The average Bonchev–Trinajstić information content (AvgIpc) is 2.25. The quantitative estimate of drug-likeness (QED) is 0.501. The van der Waals surface area contributed by atoms with Crippen LogP contribution in [0.4, 0.5) is 0 Å². The van der Waals surface area contributed by atoms with Gasteiger partial charge in [0, 0.05) is 18.1 Å². The van der Waals surface area contributed by atoms with Crippen molar-refractivity contribution in [2.24, 2.45) is 5.73 Å². The zero-order valence-corrected chi connectivity index (χ0v) is 5.88. The van der Waals surface area contributed by atoms with E-state index in [4.69, 9.17) is 5.73 Å². The third-order valence-electron chi connectivity index (χ3n) is 2.93. The van der Waals surface area contributed by atoms with Gasteiger partial charge in [-0.3, -0.25) is 4.90 Å². The summed E-state index contributed by atoms with van der Waals surface area (Å²) in [4.78, 5) is 2.45. The van der Waals surface area contributed by atoms with Crippen molar-refractivity contribution in [1.82, 2.24) is 4.90 Å². The smallest absolute Gasteiger partial charge is 0.0248 e. The van der Waals surface area contributed by atoms with E-state index in [9.17, 15) is 0 Å². The van der Waals surface area contributed by atoms with E-state index in [2.05, 4.69) is 11.9 Å². The number of rotatable bonds is 0. The molecule has 0 aromatic heterocycles. The minimum Gasteiger partial charge on any atom is -0.326 e. The molecule has 2 N–H and O–H groups in total. The molecule has 2 nitrogen and oxygen atoms in total. The lowest BCUT2D eigenvalue weighted by molar-refractivity contribution is 0.307. The van der Waals surface area contributed by atoms with Crippen LogP contribution in [0.1, 0.15) is 19.3 Å².